The molecule has 1 fully saturated rings. The van der Waals surface area contributed by atoms with E-state index in [1.165, 1.54) is 0 Å². The van der Waals surface area contributed by atoms with Crippen LogP contribution in [0.1, 0.15) is 69.2 Å². The number of fused-ring (bicyclic) bond motifs is 1. The molecule has 330 valence electrons. The Labute approximate surface area is 385 Å². The summed E-state index contributed by atoms with van der Waals surface area (Å²) >= 11 is 13.6. The summed E-state index contributed by atoms with van der Waals surface area (Å²) in [6.45, 7) is 3.82. The smallest absolute Gasteiger partial charge is 0.407 e. The van der Waals surface area contributed by atoms with Crippen LogP contribution in [-0.4, -0.2) is 119 Å². The lowest BCUT2D eigenvalue weighted by Crippen LogP contribution is -2.45. The van der Waals surface area contributed by atoms with Crippen LogP contribution in [-0.2, 0) is 49.8 Å². The normalized spacial score (nSPS) is 16.7. The molecule has 2 aliphatic carbocycles. The van der Waals surface area contributed by atoms with E-state index in [1.807, 2.05) is 0 Å². The number of halogens is 4. The summed E-state index contributed by atoms with van der Waals surface area (Å²) in [6, 6.07) is 6.74. The van der Waals surface area contributed by atoms with Gasteiger partial charge in [-0.25, -0.2) is 4.79 Å². The van der Waals surface area contributed by atoms with Crippen LogP contribution in [0.5, 0.6) is 0 Å². The van der Waals surface area contributed by atoms with Crippen molar-refractivity contribution in [1.29, 1.82) is 0 Å². The molecule has 60 heavy (non-hydrogen) atoms. The highest BCUT2D eigenvalue weighted by Gasteiger charge is 2.49. The quantitative estimate of drug-likeness (QED) is 0.0500. The van der Waals surface area contributed by atoms with Gasteiger partial charge in [-0.15, -0.1) is 11.8 Å². The zero-order valence-electron chi connectivity index (χ0n) is 33.5. The van der Waals surface area contributed by atoms with E-state index in [9.17, 15) is 19.2 Å². The van der Waals surface area contributed by atoms with Crippen LogP contribution in [0.25, 0.3) is 0 Å². The first-order valence-electron chi connectivity index (χ1n) is 20.0. The van der Waals surface area contributed by atoms with Gasteiger partial charge in [0.1, 0.15) is 0 Å². The molecule has 2 aromatic rings. The second kappa shape index (κ2) is 28.8. The molecule has 0 radical (unpaired) electrons. The third-order valence-corrected chi connectivity index (χ3v) is 12.0. The van der Waals surface area contributed by atoms with E-state index in [0.717, 1.165) is 25.7 Å². The van der Waals surface area contributed by atoms with Crippen molar-refractivity contribution < 1.29 is 42.9 Å². The van der Waals surface area contributed by atoms with E-state index in [0.29, 0.717) is 132 Å². The number of amides is 4. The van der Waals surface area contributed by atoms with Crippen LogP contribution in [0.3, 0.4) is 0 Å². The summed E-state index contributed by atoms with van der Waals surface area (Å²) in [7, 11) is 0. The Hall–Kier alpha value is -2.70. The maximum atomic E-state index is 13.3. The fourth-order valence-corrected chi connectivity index (χ4v) is 7.76. The van der Waals surface area contributed by atoms with Crippen LogP contribution in [0, 0.1) is 35.5 Å². The number of aromatic nitrogens is 2. The molecule has 0 spiro atoms. The van der Waals surface area contributed by atoms with E-state index >= 15 is 0 Å². The molecule has 0 saturated heterocycles. The Balaban J connectivity index is 1.05. The minimum absolute atomic E-state index is 0.0229. The summed E-state index contributed by atoms with van der Waals surface area (Å²) in [5.74, 6) is 6.29. The van der Waals surface area contributed by atoms with Gasteiger partial charge < -0.3 is 45.0 Å². The summed E-state index contributed by atoms with van der Waals surface area (Å²) in [6.07, 6.45) is 3.68. The molecule has 15 nitrogen and oxygen atoms in total. The number of ether oxygens (including phenoxy) is 5. The van der Waals surface area contributed by atoms with Crippen molar-refractivity contribution in [1.82, 2.24) is 31.2 Å². The Bertz CT molecular complexity index is 1620. The predicted molar refractivity (Wildman–Crippen MR) is 240 cm³/mol. The van der Waals surface area contributed by atoms with Gasteiger partial charge in [0.25, 0.3) is 11.8 Å². The van der Waals surface area contributed by atoms with Crippen LogP contribution in [0.2, 0.25) is 0 Å². The third kappa shape index (κ3) is 18.3. The van der Waals surface area contributed by atoms with E-state index in [2.05, 4.69) is 107 Å². The molecule has 4 N–H and O–H groups in total. The summed E-state index contributed by atoms with van der Waals surface area (Å²) in [5, 5.41) is 13.2. The molecule has 2 atom stereocenters. The average Bonchev–Trinajstić information content (AvgIpc) is 3.92. The molecule has 0 aliphatic heterocycles. The summed E-state index contributed by atoms with van der Waals surface area (Å²) < 4.78 is 27.6. The highest BCUT2D eigenvalue weighted by molar-refractivity contribution is 9.09. The van der Waals surface area contributed by atoms with Gasteiger partial charge in [0.15, 0.2) is 0 Å². The zero-order chi connectivity index (χ0) is 43.0. The first kappa shape index (κ1) is 50.0. The van der Waals surface area contributed by atoms with Gasteiger partial charge >= 0.3 is 6.09 Å². The number of hydrogen-bond donors (Lipinski definition) is 4. The molecule has 19 heteroatoms. The number of pyridine rings is 2. The molecule has 1 saturated carbocycles. The van der Waals surface area contributed by atoms with Crippen molar-refractivity contribution in [2.45, 2.75) is 47.0 Å². The highest BCUT2D eigenvalue weighted by Crippen LogP contribution is 2.52. The molecule has 2 heterocycles. The van der Waals surface area contributed by atoms with E-state index in [-0.39, 0.29) is 44.0 Å². The standard InChI is InChI=1S/C41H54Br4N6O9/c42-21-31-17-28(18-32(22-43)50-31)38(52)48-25-30(26-49-39(53)29-19-33(23-44)51-34(20-29)24-45)40(54)46-7-9-56-11-13-58-15-16-59-14-12-57-10-8-47-41(55)60-27-37-35-5-3-1-2-4-6-36(35)37/h17-20,30,35-37H,3-16,21-27H2,(H,46,54)(H,47,55)(H,48,52)(H,49,53). The van der Waals surface area contributed by atoms with Crippen molar-refractivity contribution in [3.8, 4) is 11.8 Å². The lowest BCUT2D eigenvalue weighted by Gasteiger charge is -2.19. The Morgan fingerprint density at radius 1 is 0.600 bits per heavy atom. The number of hydrogen-bond acceptors (Lipinski definition) is 11. The number of nitrogens with one attached hydrogen (secondary N) is 4. The minimum Gasteiger partial charge on any atom is -0.449 e. The van der Waals surface area contributed by atoms with Crippen molar-refractivity contribution in [2.24, 2.45) is 23.7 Å². The first-order valence-corrected chi connectivity index (χ1v) is 24.5. The van der Waals surface area contributed by atoms with Crippen LogP contribution in [0.15, 0.2) is 24.3 Å². The van der Waals surface area contributed by atoms with Crippen LogP contribution >= 0.6 is 63.7 Å². The van der Waals surface area contributed by atoms with Crippen molar-refractivity contribution in [3.05, 3.63) is 58.2 Å². The zero-order valence-corrected chi connectivity index (χ0v) is 39.9. The van der Waals surface area contributed by atoms with Gasteiger partial charge in [-0.2, -0.15) is 0 Å². The van der Waals surface area contributed by atoms with Crippen LogP contribution < -0.4 is 21.3 Å². The fourth-order valence-electron chi connectivity index (χ4n) is 6.61. The lowest BCUT2D eigenvalue weighted by molar-refractivity contribution is -0.124. The van der Waals surface area contributed by atoms with Crippen molar-refractivity contribution in [2.75, 3.05) is 85.6 Å². The number of alkyl carbamates (subject to hydrolysis) is 1. The van der Waals surface area contributed by atoms with Crippen LogP contribution in [0.4, 0.5) is 4.79 Å². The van der Waals surface area contributed by atoms with Gasteiger partial charge in [-0.05, 0) is 54.9 Å². The minimum atomic E-state index is -0.777. The monoisotopic (exact) mass is 1090 g/mol. The highest BCUT2D eigenvalue weighted by atomic mass is 79.9. The van der Waals surface area contributed by atoms with Gasteiger partial charge in [0, 0.05) is 71.5 Å². The third-order valence-electron chi connectivity index (χ3n) is 9.75. The second-order valence-corrected chi connectivity index (χ2v) is 16.3. The Morgan fingerprint density at radius 2 is 1.00 bits per heavy atom. The maximum absolute atomic E-state index is 13.3. The number of nitrogens with zero attached hydrogens (tertiary/aromatic N) is 2. The molecular formula is C41H54Br4N6O9. The van der Waals surface area contributed by atoms with Gasteiger partial charge in [-0.1, -0.05) is 63.7 Å². The van der Waals surface area contributed by atoms with Gasteiger partial charge in [0.2, 0.25) is 5.91 Å². The maximum Gasteiger partial charge on any atom is 0.407 e. The molecule has 2 aromatic heterocycles. The number of alkyl halides is 4. The first-order chi connectivity index (χ1) is 29.3. The fraction of sp³-hybridized carbons (Fsp3) is 0.610. The van der Waals surface area contributed by atoms with Gasteiger partial charge in [0.05, 0.1) is 88.2 Å². The Kier molecular flexibility index (Phi) is 24.0. The SMILES string of the molecule is O=C(NCCOCCOCCOCCOCCNC(=O)C(CNC(=O)c1cc(CBr)nc(CBr)c1)CNC(=O)c1cc(CBr)nc(CBr)c1)OCC1C2CCC#CCCC21. The molecule has 2 unspecified atom stereocenters. The van der Waals surface area contributed by atoms with E-state index in [4.69, 9.17) is 23.7 Å². The topological polar surface area (TPSA) is 188 Å². The lowest BCUT2D eigenvalue weighted by atomic mass is 10.1. The number of carbonyl (C=O) groups excluding carboxylic acids is 4. The molecule has 4 amide bonds. The summed E-state index contributed by atoms with van der Waals surface area (Å²) in [4.78, 5) is 60.5. The summed E-state index contributed by atoms with van der Waals surface area (Å²) in [5.41, 5.74) is 3.63. The predicted octanol–water partition coefficient (Wildman–Crippen LogP) is 5.18. The van der Waals surface area contributed by atoms with Crippen molar-refractivity contribution in [3.63, 3.8) is 0 Å². The molecule has 4 rings (SSSR count). The molecule has 0 bridgehead atoms. The number of carbonyl (C=O) groups is 4. The van der Waals surface area contributed by atoms with E-state index in [1.54, 1.807) is 24.3 Å². The largest absolute Gasteiger partial charge is 0.449 e. The van der Waals surface area contributed by atoms with Crippen molar-refractivity contribution >= 4 is 87.5 Å². The Morgan fingerprint density at radius 3 is 1.42 bits per heavy atom. The molecular weight excluding hydrogens is 1040 g/mol. The molecule has 0 aromatic carbocycles. The molecule has 2 aliphatic rings. The average molecular weight is 1090 g/mol. The van der Waals surface area contributed by atoms with Gasteiger partial charge in [-0.3, -0.25) is 24.4 Å². The number of rotatable bonds is 28. The van der Waals surface area contributed by atoms with E-state index < -0.39 is 12.0 Å². The second-order valence-electron chi connectivity index (χ2n) is 14.0.